The third-order valence-corrected chi connectivity index (χ3v) is 3.74. The average Bonchev–Trinajstić information content (AvgIpc) is 2.43. The van der Waals surface area contributed by atoms with Crippen LogP contribution in [0.25, 0.3) is 0 Å². The second kappa shape index (κ2) is 5.77. The van der Waals surface area contributed by atoms with Gasteiger partial charge in [0.1, 0.15) is 0 Å². The minimum Gasteiger partial charge on any atom is -0.478 e. The molecule has 4 N–H and O–H groups in total. The second-order valence-electron chi connectivity index (χ2n) is 5.29. The molecule has 1 aliphatic rings. The number of halogens is 2. The lowest BCUT2D eigenvalue weighted by molar-refractivity contribution is -0.122. The lowest BCUT2D eigenvalue weighted by Crippen LogP contribution is -2.52. The predicted molar refractivity (Wildman–Crippen MR) is 72.0 cm³/mol. The van der Waals surface area contributed by atoms with Crippen molar-refractivity contribution in [3.05, 3.63) is 29.3 Å². The topological polar surface area (TPSA) is 92.4 Å². The van der Waals surface area contributed by atoms with E-state index in [1.807, 2.05) is 0 Å². The van der Waals surface area contributed by atoms with E-state index >= 15 is 0 Å². The van der Waals surface area contributed by atoms with E-state index in [2.05, 4.69) is 5.32 Å². The van der Waals surface area contributed by atoms with E-state index in [0.29, 0.717) is 25.0 Å². The Labute approximate surface area is 120 Å². The van der Waals surface area contributed by atoms with E-state index in [4.69, 9.17) is 10.8 Å². The standard InChI is InChI=1S/C14H16F2N2O3/c15-9-6-8(12(19)20)11(7-10(9)16)18-13(21)14(17)4-2-1-3-5-14/h6-7H,1-5,17H2,(H,18,21)(H,19,20). The van der Waals surface area contributed by atoms with Crippen LogP contribution >= 0.6 is 0 Å². The van der Waals surface area contributed by atoms with Gasteiger partial charge in [0.25, 0.3) is 0 Å². The number of amides is 1. The minimum atomic E-state index is -1.46. The molecule has 1 aromatic rings. The zero-order valence-electron chi connectivity index (χ0n) is 11.3. The fourth-order valence-corrected chi connectivity index (χ4v) is 2.48. The van der Waals surface area contributed by atoms with Crippen molar-refractivity contribution in [1.82, 2.24) is 0 Å². The van der Waals surface area contributed by atoms with E-state index < -0.39 is 34.6 Å². The van der Waals surface area contributed by atoms with Gasteiger partial charge in [-0.05, 0) is 18.9 Å². The van der Waals surface area contributed by atoms with Crippen LogP contribution in [0, 0.1) is 11.6 Å². The third kappa shape index (κ3) is 3.18. The van der Waals surface area contributed by atoms with Crippen LogP contribution in [0.5, 0.6) is 0 Å². The number of carboxylic acid groups (broad SMARTS) is 1. The number of rotatable bonds is 3. The number of nitrogens with one attached hydrogen (secondary N) is 1. The Morgan fingerprint density at radius 1 is 1.14 bits per heavy atom. The normalized spacial score (nSPS) is 17.3. The molecule has 0 atom stereocenters. The Bertz CT molecular complexity index is 584. The molecule has 0 aliphatic heterocycles. The van der Waals surface area contributed by atoms with Crippen LogP contribution < -0.4 is 11.1 Å². The fourth-order valence-electron chi connectivity index (χ4n) is 2.48. The number of hydrogen-bond acceptors (Lipinski definition) is 3. The first kappa shape index (κ1) is 15.4. The quantitative estimate of drug-likeness (QED) is 0.798. The summed E-state index contributed by atoms with van der Waals surface area (Å²) in [5.74, 6) is -4.55. The summed E-state index contributed by atoms with van der Waals surface area (Å²) in [6.45, 7) is 0. The molecule has 2 rings (SSSR count). The van der Waals surface area contributed by atoms with Crippen molar-refractivity contribution in [3.8, 4) is 0 Å². The van der Waals surface area contributed by atoms with Crippen LogP contribution in [0.15, 0.2) is 12.1 Å². The van der Waals surface area contributed by atoms with Crippen molar-refractivity contribution in [3.63, 3.8) is 0 Å². The van der Waals surface area contributed by atoms with Gasteiger partial charge in [0.05, 0.1) is 16.8 Å². The summed E-state index contributed by atoms with van der Waals surface area (Å²) < 4.78 is 26.4. The average molecular weight is 298 g/mol. The number of nitrogens with two attached hydrogens (primary N) is 1. The van der Waals surface area contributed by atoms with Crippen molar-refractivity contribution >= 4 is 17.6 Å². The SMILES string of the molecule is NC1(C(=O)Nc2cc(F)c(F)cc2C(=O)O)CCCCC1. The largest absolute Gasteiger partial charge is 0.478 e. The first-order chi connectivity index (χ1) is 9.83. The molecule has 21 heavy (non-hydrogen) atoms. The van der Waals surface area contributed by atoms with Crippen molar-refractivity contribution in [2.75, 3.05) is 5.32 Å². The molecule has 0 heterocycles. The maximum Gasteiger partial charge on any atom is 0.337 e. The highest BCUT2D eigenvalue weighted by atomic mass is 19.2. The van der Waals surface area contributed by atoms with Gasteiger partial charge >= 0.3 is 5.97 Å². The Hall–Kier alpha value is -2.02. The molecule has 0 spiro atoms. The number of carbonyl (C=O) groups is 2. The zero-order valence-corrected chi connectivity index (χ0v) is 11.3. The smallest absolute Gasteiger partial charge is 0.337 e. The lowest BCUT2D eigenvalue weighted by Gasteiger charge is -2.32. The van der Waals surface area contributed by atoms with E-state index in [9.17, 15) is 18.4 Å². The Morgan fingerprint density at radius 3 is 2.29 bits per heavy atom. The summed E-state index contributed by atoms with van der Waals surface area (Å²) >= 11 is 0. The van der Waals surface area contributed by atoms with Crippen LogP contribution in [0.2, 0.25) is 0 Å². The summed E-state index contributed by atoms with van der Waals surface area (Å²) in [5.41, 5.74) is 4.12. The minimum absolute atomic E-state index is 0.290. The molecular weight excluding hydrogens is 282 g/mol. The molecule has 1 saturated carbocycles. The molecule has 5 nitrogen and oxygen atoms in total. The maximum atomic E-state index is 13.3. The van der Waals surface area contributed by atoms with Crippen molar-refractivity contribution in [2.45, 2.75) is 37.6 Å². The molecule has 1 fully saturated rings. The third-order valence-electron chi connectivity index (χ3n) is 3.74. The number of anilines is 1. The predicted octanol–water partition coefficient (Wildman–Crippen LogP) is 2.26. The Balaban J connectivity index is 2.28. The molecular formula is C14H16F2N2O3. The summed E-state index contributed by atoms with van der Waals surface area (Å²) in [5, 5.41) is 11.3. The lowest BCUT2D eigenvalue weighted by atomic mass is 9.82. The monoisotopic (exact) mass is 298 g/mol. The number of carboxylic acids is 1. The van der Waals surface area contributed by atoms with Crippen LogP contribution in [0.1, 0.15) is 42.5 Å². The van der Waals surface area contributed by atoms with Crippen LogP contribution in [-0.4, -0.2) is 22.5 Å². The van der Waals surface area contributed by atoms with Crippen LogP contribution in [0.3, 0.4) is 0 Å². The van der Waals surface area contributed by atoms with Gasteiger partial charge in [-0.3, -0.25) is 4.79 Å². The number of benzene rings is 1. The number of hydrogen-bond donors (Lipinski definition) is 3. The summed E-state index contributed by atoms with van der Waals surface area (Å²) in [4.78, 5) is 23.3. The molecule has 114 valence electrons. The molecule has 1 aromatic carbocycles. The number of carbonyl (C=O) groups excluding carboxylic acids is 1. The fraction of sp³-hybridized carbons (Fsp3) is 0.429. The van der Waals surface area contributed by atoms with E-state index in [1.54, 1.807) is 0 Å². The van der Waals surface area contributed by atoms with Gasteiger partial charge in [-0.2, -0.15) is 0 Å². The summed E-state index contributed by atoms with van der Waals surface area (Å²) in [7, 11) is 0. The van der Waals surface area contributed by atoms with Crippen molar-refractivity contribution in [2.24, 2.45) is 5.73 Å². The van der Waals surface area contributed by atoms with Crippen molar-refractivity contribution < 1.29 is 23.5 Å². The molecule has 0 aromatic heterocycles. The first-order valence-electron chi connectivity index (χ1n) is 6.66. The van der Waals surface area contributed by atoms with Gasteiger partial charge in [0.15, 0.2) is 11.6 Å². The molecule has 0 saturated heterocycles. The van der Waals surface area contributed by atoms with Gasteiger partial charge < -0.3 is 16.2 Å². The van der Waals surface area contributed by atoms with Gasteiger partial charge in [-0.25, -0.2) is 13.6 Å². The molecule has 1 aliphatic carbocycles. The second-order valence-corrected chi connectivity index (χ2v) is 5.29. The van der Waals surface area contributed by atoms with E-state index in [-0.39, 0.29) is 5.69 Å². The Morgan fingerprint density at radius 2 is 1.71 bits per heavy atom. The van der Waals surface area contributed by atoms with Crippen molar-refractivity contribution in [1.29, 1.82) is 0 Å². The molecule has 1 amide bonds. The number of aromatic carboxylic acids is 1. The van der Waals surface area contributed by atoms with E-state index in [0.717, 1.165) is 19.3 Å². The highest BCUT2D eigenvalue weighted by Gasteiger charge is 2.35. The summed E-state index contributed by atoms with van der Waals surface area (Å²) in [6, 6.07) is 1.19. The molecule has 0 unspecified atom stereocenters. The summed E-state index contributed by atoms with van der Waals surface area (Å²) in [6.07, 6.45) is 3.54. The highest BCUT2D eigenvalue weighted by Crippen LogP contribution is 2.28. The van der Waals surface area contributed by atoms with Crippen LogP contribution in [0.4, 0.5) is 14.5 Å². The van der Waals surface area contributed by atoms with Gasteiger partial charge in [0, 0.05) is 6.07 Å². The Kier molecular flexibility index (Phi) is 4.22. The van der Waals surface area contributed by atoms with Gasteiger partial charge in [-0.15, -0.1) is 0 Å². The van der Waals surface area contributed by atoms with Gasteiger partial charge in [0.2, 0.25) is 5.91 Å². The van der Waals surface area contributed by atoms with Crippen LogP contribution in [-0.2, 0) is 4.79 Å². The maximum absolute atomic E-state index is 13.3. The molecule has 0 bridgehead atoms. The van der Waals surface area contributed by atoms with E-state index in [1.165, 1.54) is 0 Å². The first-order valence-corrected chi connectivity index (χ1v) is 6.66. The molecule has 0 radical (unpaired) electrons. The molecule has 7 heteroatoms. The zero-order chi connectivity index (χ0) is 15.6. The highest BCUT2D eigenvalue weighted by molar-refractivity contribution is 6.03. The van der Waals surface area contributed by atoms with Gasteiger partial charge in [-0.1, -0.05) is 19.3 Å².